The van der Waals surface area contributed by atoms with E-state index in [9.17, 15) is 5.11 Å². The van der Waals surface area contributed by atoms with E-state index in [4.69, 9.17) is 4.74 Å². The summed E-state index contributed by atoms with van der Waals surface area (Å²) >= 11 is 0. The van der Waals surface area contributed by atoms with E-state index in [0.29, 0.717) is 6.04 Å². The maximum Gasteiger partial charge on any atom is 0.0695 e. The molecule has 0 aromatic carbocycles. The Hall–Kier alpha value is -0.120. The molecular formula is C9H17NO2. The summed E-state index contributed by atoms with van der Waals surface area (Å²) in [5, 5.41) is 9.66. The largest absolute Gasteiger partial charge is 0.391 e. The predicted molar refractivity (Wildman–Crippen MR) is 46.0 cm³/mol. The molecule has 2 rings (SSSR count). The van der Waals surface area contributed by atoms with E-state index < -0.39 is 0 Å². The lowest BCUT2D eigenvalue weighted by molar-refractivity contribution is -0.0113. The molecule has 0 amide bonds. The van der Waals surface area contributed by atoms with Crippen LogP contribution in [0.15, 0.2) is 0 Å². The van der Waals surface area contributed by atoms with Crippen molar-refractivity contribution in [3.05, 3.63) is 0 Å². The molecule has 0 radical (unpaired) electrons. The molecule has 2 aliphatic rings. The Kier molecular flexibility index (Phi) is 2.63. The normalized spacial score (nSPS) is 38.8. The molecule has 1 saturated heterocycles. The minimum absolute atomic E-state index is 0.0805. The van der Waals surface area contributed by atoms with Crippen LogP contribution in [-0.2, 0) is 4.74 Å². The zero-order valence-corrected chi connectivity index (χ0v) is 7.41. The van der Waals surface area contributed by atoms with Crippen molar-refractivity contribution in [2.45, 2.75) is 31.4 Å². The van der Waals surface area contributed by atoms with Crippen LogP contribution in [0, 0.1) is 0 Å². The van der Waals surface area contributed by atoms with Crippen LogP contribution in [0.4, 0.5) is 0 Å². The van der Waals surface area contributed by atoms with Gasteiger partial charge in [-0.3, -0.25) is 4.90 Å². The van der Waals surface area contributed by atoms with E-state index in [1.807, 2.05) is 0 Å². The molecule has 3 nitrogen and oxygen atoms in total. The first kappa shape index (κ1) is 8.48. The molecule has 1 heterocycles. The van der Waals surface area contributed by atoms with E-state index in [-0.39, 0.29) is 6.10 Å². The molecule has 0 aromatic rings. The van der Waals surface area contributed by atoms with Crippen LogP contribution < -0.4 is 0 Å². The van der Waals surface area contributed by atoms with Gasteiger partial charge >= 0.3 is 0 Å². The quantitative estimate of drug-likeness (QED) is 0.613. The highest BCUT2D eigenvalue weighted by molar-refractivity contribution is 4.85. The Balaban J connectivity index is 1.89. The molecular weight excluding hydrogens is 154 g/mol. The standard InChI is InChI=1S/C9H17NO2/c11-9-3-1-2-8(9)10-4-6-12-7-5-10/h8-9,11H,1-7H2/t8-,9+/m0/s1. The number of aliphatic hydroxyl groups excluding tert-OH is 1. The summed E-state index contributed by atoms with van der Waals surface area (Å²) in [6, 6.07) is 0.425. The van der Waals surface area contributed by atoms with Crippen molar-refractivity contribution in [1.29, 1.82) is 0 Å². The van der Waals surface area contributed by atoms with Crippen molar-refractivity contribution >= 4 is 0 Å². The summed E-state index contributed by atoms with van der Waals surface area (Å²) < 4.78 is 5.27. The summed E-state index contributed by atoms with van der Waals surface area (Å²) in [4.78, 5) is 2.38. The monoisotopic (exact) mass is 171 g/mol. The summed E-state index contributed by atoms with van der Waals surface area (Å²) in [5.41, 5.74) is 0. The van der Waals surface area contributed by atoms with Crippen LogP contribution in [0.1, 0.15) is 19.3 Å². The van der Waals surface area contributed by atoms with Gasteiger partial charge in [0.15, 0.2) is 0 Å². The molecule has 3 heteroatoms. The Morgan fingerprint density at radius 1 is 1.17 bits per heavy atom. The van der Waals surface area contributed by atoms with Crippen molar-refractivity contribution in [3.63, 3.8) is 0 Å². The molecule has 1 aliphatic heterocycles. The van der Waals surface area contributed by atoms with Gasteiger partial charge in [-0.25, -0.2) is 0 Å². The average molecular weight is 171 g/mol. The summed E-state index contributed by atoms with van der Waals surface area (Å²) in [5.74, 6) is 0. The molecule has 2 atom stereocenters. The van der Waals surface area contributed by atoms with Gasteiger partial charge in [-0.2, -0.15) is 0 Å². The van der Waals surface area contributed by atoms with Crippen LogP contribution in [0.25, 0.3) is 0 Å². The first-order valence-corrected chi connectivity index (χ1v) is 4.88. The molecule has 0 spiro atoms. The van der Waals surface area contributed by atoms with E-state index in [0.717, 1.165) is 32.7 Å². The second kappa shape index (κ2) is 3.73. The second-order valence-electron chi connectivity index (χ2n) is 3.71. The minimum Gasteiger partial charge on any atom is -0.391 e. The summed E-state index contributed by atoms with van der Waals surface area (Å²) in [6.45, 7) is 3.68. The fourth-order valence-corrected chi connectivity index (χ4v) is 2.26. The molecule has 1 saturated carbocycles. The van der Waals surface area contributed by atoms with Crippen LogP contribution in [0.5, 0.6) is 0 Å². The van der Waals surface area contributed by atoms with Crippen LogP contribution >= 0.6 is 0 Å². The highest BCUT2D eigenvalue weighted by Gasteiger charge is 2.31. The molecule has 0 bridgehead atoms. The number of hydrogen-bond acceptors (Lipinski definition) is 3. The van der Waals surface area contributed by atoms with Gasteiger partial charge in [0.2, 0.25) is 0 Å². The lowest BCUT2D eigenvalue weighted by Crippen LogP contribution is -2.46. The highest BCUT2D eigenvalue weighted by atomic mass is 16.5. The number of hydrogen-bond donors (Lipinski definition) is 1. The molecule has 1 aliphatic carbocycles. The molecule has 2 fully saturated rings. The summed E-state index contributed by atoms with van der Waals surface area (Å²) in [6.07, 6.45) is 3.26. The maximum atomic E-state index is 9.66. The van der Waals surface area contributed by atoms with Crippen LogP contribution in [-0.4, -0.2) is 48.5 Å². The van der Waals surface area contributed by atoms with Crippen molar-refractivity contribution in [1.82, 2.24) is 4.90 Å². The van der Waals surface area contributed by atoms with E-state index in [1.54, 1.807) is 0 Å². The second-order valence-corrected chi connectivity index (χ2v) is 3.71. The molecule has 70 valence electrons. The zero-order valence-electron chi connectivity index (χ0n) is 7.41. The Morgan fingerprint density at radius 2 is 1.92 bits per heavy atom. The van der Waals surface area contributed by atoms with Crippen LogP contribution in [0.3, 0.4) is 0 Å². The smallest absolute Gasteiger partial charge is 0.0695 e. The lowest BCUT2D eigenvalue weighted by atomic mass is 10.1. The highest BCUT2D eigenvalue weighted by Crippen LogP contribution is 2.24. The van der Waals surface area contributed by atoms with Gasteiger partial charge < -0.3 is 9.84 Å². The van der Waals surface area contributed by atoms with E-state index in [1.165, 1.54) is 12.8 Å². The first-order valence-electron chi connectivity index (χ1n) is 4.88. The van der Waals surface area contributed by atoms with Gasteiger partial charge in [0.1, 0.15) is 0 Å². The van der Waals surface area contributed by atoms with Crippen LogP contribution in [0.2, 0.25) is 0 Å². The van der Waals surface area contributed by atoms with E-state index >= 15 is 0 Å². The minimum atomic E-state index is -0.0805. The third-order valence-corrected chi connectivity index (χ3v) is 2.96. The van der Waals surface area contributed by atoms with Crippen molar-refractivity contribution in [2.75, 3.05) is 26.3 Å². The maximum absolute atomic E-state index is 9.66. The third-order valence-electron chi connectivity index (χ3n) is 2.96. The van der Waals surface area contributed by atoms with Crippen molar-refractivity contribution in [3.8, 4) is 0 Å². The van der Waals surface area contributed by atoms with Gasteiger partial charge in [0, 0.05) is 19.1 Å². The number of morpholine rings is 1. The lowest BCUT2D eigenvalue weighted by Gasteiger charge is -2.33. The average Bonchev–Trinajstić information content (AvgIpc) is 2.53. The first-order chi connectivity index (χ1) is 5.88. The van der Waals surface area contributed by atoms with Gasteiger partial charge in [-0.1, -0.05) is 0 Å². The molecule has 0 aromatic heterocycles. The van der Waals surface area contributed by atoms with Crippen molar-refractivity contribution < 1.29 is 9.84 Å². The Morgan fingerprint density at radius 3 is 2.50 bits per heavy atom. The number of aliphatic hydroxyl groups is 1. The molecule has 1 N–H and O–H groups in total. The third kappa shape index (κ3) is 1.63. The number of nitrogens with zero attached hydrogens (tertiary/aromatic N) is 1. The molecule has 0 unspecified atom stereocenters. The SMILES string of the molecule is O[C@@H]1CCC[C@@H]1N1CCOCC1. The Labute approximate surface area is 73.3 Å². The predicted octanol–water partition coefficient (Wildman–Crippen LogP) is 0.232. The van der Waals surface area contributed by atoms with E-state index in [2.05, 4.69) is 4.90 Å². The summed E-state index contributed by atoms with van der Waals surface area (Å²) in [7, 11) is 0. The fraction of sp³-hybridized carbons (Fsp3) is 1.00. The fourth-order valence-electron chi connectivity index (χ4n) is 2.26. The topological polar surface area (TPSA) is 32.7 Å². The number of rotatable bonds is 1. The van der Waals surface area contributed by atoms with Gasteiger partial charge in [0.25, 0.3) is 0 Å². The van der Waals surface area contributed by atoms with Gasteiger partial charge in [-0.05, 0) is 19.3 Å². The zero-order chi connectivity index (χ0) is 8.39. The van der Waals surface area contributed by atoms with Gasteiger partial charge in [-0.15, -0.1) is 0 Å². The Bertz CT molecular complexity index is 145. The molecule has 12 heavy (non-hydrogen) atoms. The van der Waals surface area contributed by atoms with Crippen molar-refractivity contribution in [2.24, 2.45) is 0 Å². The number of ether oxygens (including phenoxy) is 1. The van der Waals surface area contributed by atoms with Gasteiger partial charge in [0.05, 0.1) is 19.3 Å².